The number of nitrogens with zero attached hydrogens (tertiary/aromatic N) is 2. The fourth-order valence-electron chi connectivity index (χ4n) is 2.74. The highest BCUT2D eigenvalue weighted by molar-refractivity contribution is 5.41. The molecule has 2 N–H and O–H groups in total. The van der Waals surface area contributed by atoms with Crippen molar-refractivity contribution >= 4 is 5.82 Å². The van der Waals surface area contributed by atoms with Crippen LogP contribution in [0.3, 0.4) is 0 Å². The summed E-state index contributed by atoms with van der Waals surface area (Å²) in [5.41, 5.74) is 4.91. The van der Waals surface area contributed by atoms with E-state index in [1.807, 2.05) is 0 Å². The van der Waals surface area contributed by atoms with E-state index in [-0.39, 0.29) is 0 Å². The molecule has 0 aliphatic heterocycles. The zero-order valence-corrected chi connectivity index (χ0v) is 11.4. The van der Waals surface area contributed by atoms with Crippen LogP contribution in [0.5, 0.6) is 0 Å². The average molecular weight is 287 g/mol. The summed E-state index contributed by atoms with van der Waals surface area (Å²) in [5.74, 6) is 0.593. The first-order valence-electron chi connectivity index (χ1n) is 7.02. The Morgan fingerprint density at radius 3 is 2.40 bits per heavy atom. The number of hydrogen-bond donors (Lipinski definition) is 1. The molecule has 0 atom stereocenters. The van der Waals surface area contributed by atoms with Crippen LogP contribution in [-0.4, -0.2) is 24.1 Å². The lowest BCUT2D eigenvalue weighted by Crippen LogP contribution is -2.40. The Bertz CT molecular complexity index is 411. The van der Waals surface area contributed by atoms with E-state index in [0.717, 1.165) is 37.9 Å². The molecule has 1 aliphatic carbocycles. The number of nitrogens with two attached hydrogens (primary N) is 1. The highest BCUT2D eigenvalue weighted by Crippen LogP contribution is 2.31. The molecule has 1 aromatic heterocycles. The van der Waals surface area contributed by atoms with E-state index in [1.54, 1.807) is 0 Å². The Morgan fingerprint density at radius 2 is 1.90 bits per heavy atom. The zero-order valence-electron chi connectivity index (χ0n) is 11.4. The lowest BCUT2D eigenvalue weighted by molar-refractivity contribution is -0.137. The molecule has 0 aromatic carbocycles. The van der Waals surface area contributed by atoms with Crippen LogP contribution < -0.4 is 10.6 Å². The molecule has 1 aromatic rings. The molecule has 0 bridgehead atoms. The molecule has 1 heterocycles. The molecule has 0 spiro atoms. The minimum atomic E-state index is -4.34. The fraction of sp³-hybridized carbons (Fsp3) is 0.643. The summed E-state index contributed by atoms with van der Waals surface area (Å²) in [7, 11) is 0. The van der Waals surface area contributed by atoms with Gasteiger partial charge in [0.1, 0.15) is 5.82 Å². The summed E-state index contributed by atoms with van der Waals surface area (Å²) in [6.07, 6.45) is 2.23. The monoisotopic (exact) mass is 287 g/mol. The van der Waals surface area contributed by atoms with Crippen LogP contribution in [-0.2, 0) is 6.18 Å². The van der Waals surface area contributed by atoms with Gasteiger partial charge >= 0.3 is 6.18 Å². The van der Waals surface area contributed by atoms with Crippen molar-refractivity contribution < 1.29 is 13.2 Å². The lowest BCUT2D eigenvalue weighted by atomic mass is 9.94. The van der Waals surface area contributed by atoms with Crippen LogP contribution in [0.15, 0.2) is 18.3 Å². The van der Waals surface area contributed by atoms with Gasteiger partial charge in [-0.1, -0.05) is 19.3 Å². The summed E-state index contributed by atoms with van der Waals surface area (Å²) in [6, 6.07) is 2.89. The van der Waals surface area contributed by atoms with Gasteiger partial charge in [0, 0.05) is 25.3 Å². The first kappa shape index (κ1) is 15.1. The SMILES string of the molecule is NCCN(c1ccc(C(F)(F)F)cn1)C1CCCCC1. The number of anilines is 1. The number of aromatic nitrogens is 1. The number of hydrogen-bond acceptors (Lipinski definition) is 3. The van der Waals surface area contributed by atoms with Gasteiger partial charge < -0.3 is 10.6 Å². The van der Waals surface area contributed by atoms with Gasteiger partial charge in [-0.05, 0) is 25.0 Å². The predicted octanol–water partition coefficient (Wildman–Crippen LogP) is 3.20. The number of alkyl halides is 3. The molecule has 0 saturated heterocycles. The third-order valence-electron chi connectivity index (χ3n) is 3.75. The van der Waals surface area contributed by atoms with Crippen LogP contribution in [0, 0.1) is 0 Å². The van der Waals surface area contributed by atoms with Gasteiger partial charge in [-0.3, -0.25) is 0 Å². The summed E-state index contributed by atoms with van der Waals surface area (Å²) >= 11 is 0. The average Bonchev–Trinajstić information content (AvgIpc) is 2.45. The number of halogens is 3. The van der Waals surface area contributed by atoms with Crippen molar-refractivity contribution in [2.75, 3.05) is 18.0 Å². The molecule has 0 unspecified atom stereocenters. The van der Waals surface area contributed by atoms with E-state index in [9.17, 15) is 13.2 Å². The maximum absolute atomic E-state index is 12.5. The zero-order chi connectivity index (χ0) is 14.6. The van der Waals surface area contributed by atoms with Gasteiger partial charge in [-0.2, -0.15) is 13.2 Å². The Balaban J connectivity index is 2.16. The highest BCUT2D eigenvalue weighted by Gasteiger charge is 2.31. The smallest absolute Gasteiger partial charge is 0.352 e. The summed E-state index contributed by atoms with van der Waals surface area (Å²) < 4.78 is 37.6. The quantitative estimate of drug-likeness (QED) is 0.924. The van der Waals surface area contributed by atoms with Gasteiger partial charge in [-0.25, -0.2) is 4.98 Å². The second-order valence-electron chi connectivity index (χ2n) is 5.18. The molecule has 0 amide bonds. The first-order chi connectivity index (χ1) is 9.52. The van der Waals surface area contributed by atoms with Crippen molar-refractivity contribution in [1.29, 1.82) is 0 Å². The largest absolute Gasteiger partial charge is 0.417 e. The maximum Gasteiger partial charge on any atom is 0.417 e. The molecular formula is C14H20F3N3. The molecule has 20 heavy (non-hydrogen) atoms. The molecule has 112 valence electrons. The molecule has 6 heteroatoms. The molecule has 2 rings (SSSR count). The van der Waals surface area contributed by atoms with E-state index in [2.05, 4.69) is 9.88 Å². The molecule has 1 fully saturated rings. The van der Waals surface area contributed by atoms with Crippen molar-refractivity contribution in [1.82, 2.24) is 4.98 Å². The predicted molar refractivity (Wildman–Crippen MR) is 72.5 cm³/mol. The first-order valence-corrected chi connectivity index (χ1v) is 7.02. The number of rotatable bonds is 4. The van der Waals surface area contributed by atoms with E-state index in [1.165, 1.54) is 12.5 Å². The Kier molecular flexibility index (Phi) is 4.86. The summed E-state index contributed by atoms with van der Waals surface area (Å²) in [6.45, 7) is 1.10. The second-order valence-corrected chi connectivity index (χ2v) is 5.18. The van der Waals surface area contributed by atoms with Crippen molar-refractivity contribution in [2.24, 2.45) is 5.73 Å². The number of pyridine rings is 1. The van der Waals surface area contributed by atoms with E-state index in [4.69, 9.17) is 5.73 Å². The van der Waals surface area contributed by atoms with Gasteiger partial charge in [0.15, 0.2) is 0 Å². The highest BCUT2D eigenvalue weighted by atomic mass is 19.4. The minimum absolute atomic E-state index is 0.344. The van der Waals surface area contributed by atoms with Gasteiger partial charge in [0.05, 0.1) is 5.56 Å². The standard InChI is InChI=1S/C14H20F3N3/c15-14(16,17)11-6-7-13(19-10-11)20(9-8-18)12-4-2-1-3-5-12/h6-7,10,12H,1-5,8-9,18H2. The third-order valence-corrected chi connectivity index (χ3v) is 3.75. The Labute approximate surface area is 117 Å². The topological polar surface area (TPSA) is 42.1 Å². The molecule has 1 aliphatic rings. The summed E-state index contributed by atoms with van der Waals surface area (Å²) in [5, 5.41) is 0. The van der Waals surface area contributed by atoms with Crippen molar-refractivity contribution in [3.63, 3.8) is 0 Å². The van der Waals surface area contributed by atoms with Crippen molar-refractivity contribution in [3.8, 4) is 0 Å². The molecular weight excluding hydrogens is 267 g/mol. The molecule has 1 saturated carbocycles. The van der Waals surface area contributed by atoms with Crippen LogP contribution in [0.1, 0.15) is 37.7 Å². The Hall–Kier alpha value is -1.30. The van der Waals surface area contributed by atoms with Crippen LogP contribution in [0.4, 0.5) is 19.0 Å². The normalized spacial score (nSPS) is 17.2. The Morgan fingerprint density at radius 1 is 1.20 bits per heavy atom. The molecule has 3 nitrogen and oxygen atoms in total. The van der Waals surface area contributed by atoms with Crippen LogP contribution in [0.25, 0.3) is 0 Å². The maximum atomic E-state index is 12.5. The molecule has 0 radical (unpaired) electrons. The van der Waals surface area contributed by atoms with E-state index < -0.39 is 11.7 Å². The minimum Gasteiger partial charge on any atom is -0.352 e. The lowest BCUT2D eigenvalue weighted by Gasteiger charge is -2.35. The van der Waals surface area contributed by atoms with Crippen LogP contribution >= 0.6 is 0 Å². The second kappa shape index (κ2) is 6.43. The van der Waals surface area contributed by atoms with Gasteiger partial charge in [0.25, 0.3) is 0 Å². The van der Waals surface area contributed by atoms with Crippen molar-refractivity contribution in [2.45, 2.75) is 44.3 Å². The fourth-order valence-corrected chi connectivity index (χ4v) is 2.74. The van der Waals surface area contributed by atoms with Gasteiger partial charge in [0.2, 0.25) is 0 Å². The van der Waals surface area contributed by atoms with Crippen LogP contribution in [0.2, 0.25) is 0 Å². The third kappa shape index (κ3) is 3.62. The van der Waals surface area contributed by atoms with E-state index >= 15 is 0 Å². The van der Waals surface area contributed by atoms with Gasteiger partial charge in [-0.15, -0.1) is 0 Å². The van der Waals surface area contributed by atoms with Crippen molar-refractivity contribution in [3.05, 3.63) is 23.9 Å². The summed E-state index contributed by atoms with van der Waals surface area (Å²) in [4.78, 5) is 6.04. The van der Waals surface area contributed by atoms with E-state index in [0.29, 0.717) is 24.9 Å².